The number of carbonyl (C=O) groups excluding carboxylic acids is 1. The number of nitrogens with zero attached hydrogens (tertiary/aromatic N) is 1. The first kappa shape index (κ1) is 13.2. The maximum atomic E-state index is 12.4. The largest absolute Gasteiger partial charge is 0.341 e. The van der Waals surface area contributed by atoms with Crippen LogP contribution < -0.4 is 5.32 Å². The molecule has 3 nitrogen and oxygen atoms in total. The lowest BCUT2D eigenvalue weighted by molar-refractivity contribution is -0.133. The van der Waals surface area contributed by atoms with Gasteiger partial charge in [-0.05, 0) is 49.7 Å². The van der Waals surface area contributed by atoms with Crippen LogP contribution >= 0.6 is 11.8 Å². The Hall–Kier alpha value is -0.220. The number of hydrogen-bond acceptors (Lipinski definition) is 3. The molecular formula is C13H24N2OS. The van der Waals surface area contributed by atoms with Gasteiger partial charge in [0.15, 0.2) is 0 Å². The zero-order valence-electron chi connectivity index (χ0n) is 10.9. The maximum Gasteiger partial charge on any atom is 0.239 e. The molecule has 17 heavy (non-hydrogen) atoms. The molecule has 3 atom stereocenters. The van der Waals surface area contributed by atoms with Crippen LogP contribution in [0.4, 0.5) is 0 Å². The molecule has 2 aliphatic heterocycles. The monoisotopic (exact) mass is 256 g/mol. The normalized spacial score (nSPS) is 35.1. The van der Waals surface area contributed by atoms with E-state index in [1.165, 1.54) is 17.9 Å². The zero-order valence-corrected chi connectivity index (χ0v) is 11.8. The summed E-state index contributed by atoms with van der Waals surface area (Å²) in [6.07, 6.45) is 3.44. The number of hydrogen-bond donors (Lipinski definition) is 1. The summed E-state index contributed by atoms with van der Waals surface area (Å²) in [6, 6.07) is 0.0500. The Kier molecular flexibility index (Phi) is 4.74. The highest BCUT2D eigenvalue weighted by Crippen LogP contribution is 2.26. The lowest BCUT2D eigenvalue weighted by Crippen LogP contribution is -2.46. The molecule has 2 fully saturated rings. The second kappa shape index (κ2) is 6.10. The average molecular weight is 256 g/mol. The Morgan fingerprint density at radius 1 is 1.41 bits per heavy atom. The summed E-state index contributed by atoms with van der Waals surface area (Å²) in [5.74, 6) is 4.21. The molecule has 1 amide bonds. The van der Waals surface area contributed by atoms with Gasteiger partial charge in [-0.25, -0.2) is 0 Å². The molecule has 98 valence electrons. The van der Waals surface area contributed by atoms with E-state index in [1.54, 1.807) is 0 Å². The van der Waals surface area contributed by atoms with Gasteiger partial charge in [0.05, 0.1) is 6.04 Å². The molecule has 0 aliphatic carbocycles. The van der Waals surface area contributed by atoms with Crippen molar-refractivity contribution in [2.75, 3.05) is 31.6 Å². The third kappa shape index (κ3) is 3.38. The Labute approximate surface area is 109 Å². The van der Waals surface area contributed by atoms with Gasteiger partial charge in [-0.15, -0.1) is 0 Å². The van der Waals surface area contributed by atoms with Crippen molar-refractivity contribution >= 4 is 17.7 Å². The number of carbonyl (C=O) groups is 1. The fraction of sp³-hybridized carbons (Fsp3) is 0.923. The third-order valence-electron chi connectivity index (χ3n) is 3.94. The maximum absolute atomic E-state index is 12.4. The van der Waals surface area contributed by atoms with Gasteiger partial charge in [-0.1, -0.05) is 6.92 Å². The van der Waals surface area contributed by atoms with Crippen molar-refractivity contribution in [1.29, 1.82) is 0 Å². The van der Waals surface area contributed by atoms with Crippen molar-refractivity contribution in [2.45, 2.75) is 32.2 Å². The van der Waals surface area contributed by atoms with Crippen molar-refractivity contribution in [2.24, 2.45) is 11.8 Å². The second-order valence-electron chi connectivity index (χ2n) is 5.50. The highest BCUT2D eigenvalue weighted by Gasteiger charge is 2.30. The molecule has 0 aromatic carbocycles. The summed E-state index contributed by atoms with van der Waals surface area (Å²) in [5, 5.41) is 3.17. The second-order valence-corrected chi connectivity index (χ2v) is 6.65. The minimum atomic E-state index is 0.0500. The third-order valence-corrected chi connectivity index (χ3v) is 5.17. The van der Waals surface area contributed by atoms with Gasteiger partial charge in [0, 0.05) is 13.1 Å². The van der Waals surface area contributed by atoms with Crippen LogP contribution in [0.1, 0.15) is 26.2 Å². The Morgan fingerprint density at radius 3 is 2.88 bits per heavy atom. The number of amides is 1. The molecule has 0 aromatic heterocycles. The number of likely N-dealkylation sites (tertiary alicyclic amines) is 1. The van der Waals surface area contributed by atoms with Crippen molar-refractivity contribution < 1.29 is 4.79 Å². The zero-order chi connectivity index (χ0) is 12.3. The van der Waals surface area contributed by atoms with E-state index >= 15 is 0 Å². The lowest BCUT2D eigenvalue weighted by Gasteiger charge is -2.27. The molecule has 0 saturated carbocycles. The SMILES string of the molecule is CNC1CCC(C)CN(CC2CCSC2)C1=O. The van der Waals surface area contributed by atoms with Gasteiger partial charge in [-0.3, -0.25) is 4.79 Å². The summed E-state index contributed by atoms with van der Waals surface area (Å²) in [4.78, 5) is 14.5. The molecule has 0 spiro atoms. The molecule has 3 unspecified atom stereocenters. The van der Waals surface area contributed by atoms with Crippen molar-refractivity contribution in [3.8, 4) is 0 Å². The highest BCUT2D eigenvalue weighted by molar-refractivity contribution is 7.99. The minimum Gasteiger partial charge on any atom is -0.341 e. The Bertz CT molecular complexity index is 266. The van der Waals surface area contributed by atoms with Gasteiger partial charge >= 0.3 is 0 Å². The number of rotatable bonds is 3. The standard InChI is InChI=1S/C13H24N2OS/c1-10-3-4-12(14-2)13(16)15(7-10)8-11-5-6-17-9-11/h10-12,14H,3-9H2,1-2H3. The molecule has 2 saturated heterocycles. The van der Waals surface area contributed by atoms with Crippen molar-refractivity contribution in [3.05, 3.63) is 0 Å². The van der Waals surface area contributed by atoms with Crippen molar-refractivity contribution in [1.82, 2.24) is 10.2 Å². The van der Waals surface area contributed by atoms with E-state index in [0.29, 0.717) is 11.8 Å². The van der Waals surface area contributed by atoms with Gasteiger partial charge in [0.1, 0.15) is 0 Å². The molecular weight excluding hydrogens is 232 g/mol. The number of nitrogens with one attached hydrogen (secondary N) is 1. The fourth-order valence-electron chi connectivity index (χ4n) is 2.82. The van der Waals surface area contributed by atoms with Crippen LogP contribution in [-0.2, 0) is 4.79 Å². The molecule has 0 bridgehead atoms. The molecule has 2 aliphatic rings. The van der Waals surface area contributed by atoms with Gasteiger partial charge in [0.25, 0.3) is 0 Å². The van der Waals surface area contributed by atoms with E-state index in [0.717, 1.165) is 31.8 Å². The Balaban J connectivity index is 1.98. The van der Waals surface area contributed by atoms with E-state index in [1.807, 2.05) is 18.8 Å². The van der Waals surface area contributed by atoms with E-state index in [9.17, 15) is 4.79 Å². The molecule has 1 N–H and O–H groups in total. The van der Waals surface area contributed by atoms with Gasteiger partial charge < -0.3 is 10.2 Å². The molecule has 2 rings (SSSR count). The molecule has 0 aromatic rings. The number of likely N-dealkylation sites (N-methyl/N-ethyl adjacent to an activating group) is 1. The predicted octanol–water partition coefficient (Wildman–Crippen LogP) is 1.59. The van der Waals surface area contributed by atoms with Crippen LogP contribution in [0.25, 0.3) is 0 Å². The number of thioether (sulfide) groups is 1. The average Bonchev–Trinajstić information content (AvgIpc) is 2.77. The van der Waals surface area contributed by atoms with Crippen LogP contribution in [0.15, 0.2) is 0 Å². The van der Waals surface area contributed by atoms with Crippen LogP contribution in [0.5, 0.6) is 0 Å². The van der Waals surface area contributed by atoms with Gasteiger partial charge in [0.2, 0.25) is 5.91 Å². The summed E-state index contributed by atoms with van der Waals surface area (Å²) >= 11 is 2.03. The summed E-state index contributed by atoms with van der Waals surface area (Å²) in [6.45, 7) is 4.20. The van der Waals surface area contributed by atoms with E-state index in [2.05, 4.69) is 17.1 Å². The van der Waals surface area contributed by atoms with Crippen LogP contribution in [0, 0.1) is 11.8 Å². The van der Waals surface area contributed by atoms with Crippen LogP contribution in [0.3, 0.4) is 0 Å². The molecule has 0 radical (unpaired) electrons. The predicted molar refractivity (Wildman–Crippen MR) is 73.3 cm³/mol. The highest BCUT2D eigenvalue weighted by atomic mass is 32.2. The van der Waals surface area contributed by atoms with Gasteiger partial charge in [-0.2, -0.15) is 11.8 Å². The fourth-order valence-corrected chi connectivity index (χ4v) is 4.10. The summed E-state index contributed by atoms with van der Waals surface area (Å²) in [7, 11) is 1.90. The topological polar surface area (TPSA) is 32.3 Å². The summed E-state index contributed by atoms with van der Waals surface area (Å²) < 4.78 is 0. The molecule has 2 heterocycles. The lowest BCUT2D eigenvalue weighted by atomic mass is 10.0. The Morgan fingerprint density at radius 2 is 2.24 bits per heavy atom. The van der Waals surface area contributed by atoms with Crippen LogP contribution in [-0.4, -0.2) is 48.5 Å². The first-order chi connectivity index (χ1) is 8.20. The molecule has 4 heteroatoms. The summed E-state index contributed by atoms with van der Waals surface area (Å²) in [5.41, 5.74) is 0. The van der Waals surface area contributed by atoms with E-state index < -0.39 is 0 Å². The smallest absolute Gasteiger partial charge is 0.239 e. The van der Waals surface area contributed by atoms with E-state index in [-0.39, 0.29) is 6.04 Å². The first-order valence-corrected chi connectivity index (χ1v) is 7.90. The van der Waals surface area contributed by atoms with Crippen molar-refractivity contribution in [3.63, 3.8) is 0 Å². The van der Waals surface area contributed by atoms with E-state index in [4.69, 9.17) is 0 Å². The van der Waals surface area contributed by atoms with Crippen LogP contribution in [0.2, 0.25) is 0 Å². The first-order valence-electron chi connectivity index (χ1n) is 6.74. The minimum absolute atomic E-state index is 0.0500. The quantitative estimate of drug-likeness (QED) is 0.832.